The van der Waals surface area contributed by atoms with Crippen molar-refractivity contribution in [3.05, 3.63) is 0 Å². The molecule has 0 aromatic heterocycles. The van der Waals surface area contributed by atoms with Crippen molar-refractivity contribution < 1.29 is 24.1 Å². The number of ether oxygens (including phenoxy) is 3. The van der Waals surface area contributed by atoms with Gasteiger partial charge in [-0.05, 0) is 45.6 Å². The normalized spacial score (nSPS) is 19.0. The zero-order valence-electron chi connectivity index (χ0n) is 19.3. The summed E-state index contributed by atoms with van der Waals surface area (Å²) in [6.45, 7) is 11.0. The van der Waals surface area contributed by atoms with Crippen molar-refractivity contribution in [1.82, 2.24) is 10.6 Å². The molecule has 29 heavy (non-hydrogen) atoms. The predicted octanol–water partition coefficient (Wildman–Crippen LogP) is 3.45. The summed E-state index contributed by atoms with van der Waals surface area (Å²) in [4.78, 5) is 12.5. The van der Waals surface area contributed by atoms with Gasteiger partial charge in [0.2, 0.25) is 0 Å². The van der Waals surface area contributed by atoms with Crippen molar-refractivity contribution in [2.75, 3.05) is 27.0 Å². The summed E-state index contributed by atoms with van der Waals surface area (Å²) in [7, 11) is 1.55. The van der Waals surface area contributed by atoms with Crippen molar-refractivity contribution in [3.8, 4) is 0 Å². The Morgan fingerprint density at radius 1 is 1.14 bits per heavy atom. The molecule has 172 valence electrons. The van der Waals surface area contributed by atoms with Crippen LogP contribution in [0.5, 0.6) is 0 Å². The Balaban J connectivity index is 2.87. The lowest BCUT2D eigenvalue weighted by atomic mass is 9.83. The van der Waals surface area contributed by atoms with Crippen LogP contribution in [-0.2, 0) is 14.2 Å². The molecule has 0 saturated heterocycles. The van der Waals surface area contributed by atoms with Crippen molar-refractivity contribution in [2.45, 2.75) is 97.0 Å². The average molecular weight is 417 g/mol. The second kappa shape index (κ2) is 13.4. The van der Waals surface area contributed by atoms with Crippen LogP contribution in [0.15, 0.2) is 0 Å². The summed E-state index contributed by atoms with van der Waals surface area (Å²) in [6, 6.07) is -0.348. The van der Waals surface area contributed by atoms with Gasteiger partial charge in [-0.3, -0.25) is 0 Å². The molecule has 1 amide bonds. The van der Waals surface area contributed by atoms with E-state index >= 15 is 0 Å². The number of hydrogen-bond donors (Lipinski definition) is 3. The van der Waals surface area contributed by atoms with Crippen LogP contribution >= 0.6 is 0 Å². The molecule has 0 heterocycles. The van der Waals surface area contributed by atoms with Crippen molar-refractivity contribution in [2.24, 2.45) is 11.8 Å². The van der Waals surface area contributed by atoms with Gasteiger partial charge in [-0.15, -0.1) is 0 Å². The minimum absolute atomic E-state index is 0.0586. The van der Waals surface area contributed by atoms with E-state index in [1.807, 2.05) is 20.8 Å². The monoisotopic (exact) mass is 416 g/mol. The first kappa shape index (κ1) is 26.1. The number of amides is 1. The highest BCUT2D eigenvalue weighted by Gasteiger charge is 2.34. The lowest BCUT2D eigenvalue weighted by molar-refractivity contribution is -0.125. The van der Waals surface area contributed by atoms with E-state index in [1.165, 1.54) is 19.3 Å². The maximum atomic E-state index is 12.5. The molecular weight excluding hydrogens is 372 g/mol. The van der Waals surface area contributed by atoms with Gasteiger partial charge in [0.25, 0.3) is 0 Å². The smallest absolute Gasteiger partial charge is 0.407 e. The van der Waals surface area contributed by atoms with Crippen LogP contribution in [0.1, 0.15) is 73.1 Å². The lowest BCUT2D eigenvalue weighted by Gasteiger charge is -2.35. The highest BCUT2D eigenvalue weighted by molar-refractivity contribution is 5.68. The minimum Gasteiger partial charge on any atom is -0.444 e. The van der Waals surface area contributed by atoms with Crippen LogP contribution in [0.2, 0.25) is 0 Å². The maximum Gasteiger partial charge on any atom is 0.407 e. The molecule has 0 bridgehead atoms. The first-order chi connectivity index (χ1) is 13.6. The molecule has 0 aliphatic heterocycles. The van der Waals surface area contributed by atoms with Crippen LogP contribution in [0, 0.1) is 11.8 Å². The zero-order chi connectivity index (χ0) is 21.9. The summed E-state index contributed by atoms with van der Waals surface area (Å²) in [5.41, 5.74) is -0.584. The number of nitrogens with one attached hydrogen (secondary N) is 2. The molecule has 3 unspecified atom stereocenters. The topological polar surface area (TPSA) is 89.0 Å². The molecule has 3 atom stereocenters. The molecule has 1 aliphatic carbocycles. The van der Waals surface area contributed by atoms with E-state index < -0.39 is 23.9 Å². The van der Waals surface area contributed by atoms with Gasteiger partial charge < -0.3 is 30.0 Å². The second-order valence-electron chi connectivity index (χ2n) is 9.65. The number of rotatable bonds is 12. The second-order valence-corrected chi connectivity index (χ2v) is 9.65. The minimum atomic E-state index is -0.771. The molecule has 1 aliphatic rings. The van der Waals surface area contributed by atoms with Crippen molar-refractivity contribution in [3.63, 3.8) is 0 Å². The number of carbonyl (C=O) groups excluding carboxylic acids is 1. The van der Waals surface area contributed by atoms with Gasteiger partial charge in [-0.1, -0.05) is 46.0 Å². The SMILES string of the molecule is COCOC(C(O)CNCC(C)C)C(CC1CCCCC1)NC(=O)OC(C)(C)C. The number of alkyl carbamates (subject to hydrolysis) is 1. The van der Waals surface area contributed by atoms with E-state index in [0.29, 0.717) is 18.4 Å². The van der Waals surface area contributed by atoms with E-state index in [1.54, 1.807) is 7.11 Å². The van der Waals surface area contributed by atoms with Gasteiger partial charge in [0.1, 0.15) is 18.5 Å². The molecule has 7 heteroatoms. The summed E-state index contributed by atoms with van der Waals surface area (Å²) in [5, 5.41) is 17.1. The molecule has 0 aromatic carbocycles. The van der Waals surface area contributed by atoms with Crippen LogP contribution in [0.4, 0.5) is 4.79 Å². The molecule has 3 N–H and O–H groups in total. The van der Waals surface area contributed by atoms with Gasteiger partial charge in [0.05, 0.1) is 12.1 Å². The third-order valence-corrected chi connectivity index (χ3v) is 5.07. The Kier molecular flexibility index (Phi) is 12.1. The molecule has 1 fully saturated rings. The molecule has 0 aromatic rings. The summed E-state index contributed by atoms with van der Waals surface area (Å²) in [6.07, 6.45) is 4.91. The largest absolute Gasteiger partial charge is 0.444 e. The van der Waals surface area contributed by atoms with Crippen LogP contribution in [-0.4, -0.2) is 62.0 Å². The molecule has 7 nitrogen and oxygen atoms in total. The fraction of sp³-hybridized carbons (Fsp3) is 0.955. The number of hydrogen-bond acceptors (Lipinski definition) is 6. The number of methoxy groups -OCH3 is 1. The van der Waals surface area contributed by atoms with Crippen molar-refractivity contribution in [1.29, 1.82) is 0 Å². The first-order valence-electron chi connectivity index (χ1n) is 11.1. The van der Waals surface area contributed by atoms with Crippen LogP contribution < -0.4 is 10.6 Å². The van der Waals surface area contributed by atoms with Crippen LogP contribution in [0.25, 0.3) is 0 Å². The Morgan fingerprint density at radius 2 is 1.79 bits per heavy atom. The van der Waals surface area contributed by atoms with Crippen molar-refractivity contribution >= 4 is 6.09 Å². The van der Waals surface area contributed by atoms with Gasteiger partial charge >= 0.3 is 6.09 Å². The zero-order valence-corrected chi connectivity index (χ0v) is 19.3. The van der Waals surface area contributed by atoms with Gasteiger partial charge in [0.15, 0.2) is 0 Å². The fourth-order valence-corrected chi connectivity index (χ4v) is 3.79. The summed E-state index contributed by atoms with van der Waals surface area (Å²) < 4.78 is 16.4. The van der Waals surface area contributed by atoms with E-state index in [9.17, 15) is 9.90 Å². The molecule has 0 radical (unpaired) electrons. The Hall–Kier alpha value is -0.890. The summed E-state index contributed by atoms with van der Waals surface area (Å²) in [5.74, 6) is 0.992. The first-order valence-corrected chi connectivity index (χ1v) is 11.1. The molecular formula is C22H44N2O5. The Labute approximate surface area is 177 Å². The predicted molar refractivity (Wildman–Crippen MR) is 115 cm³/mol. The Bertz CT molecular complexity index is 447. The van der Waals surface area contributed by atoms with E-state index in [2.05, 4.69) is 24.5 Å². The third-order valence-electron chi connectivity index (χ3n) is 5.07. The lowest BCUT2D eigenvalue weighted by Crippen LogP contribution is -2.54. The number of aliphatic hydroxyl groups is 1. The highest BCUT2D eigenvalue weighted by atomic mass is 16.7. The summed E-state index contributed by atoms with van der Waals surface area (Å²) >= 11 is 0. The van der Waals surface area contributed by atoms with E-state index in [-0.39, 0.29) is 12.8 Å². The van der Waals surface area contributed by atoms with Gasteiger partial charge in [0, 0.05) is 13.7 Å². The standard InChI is InChI=1S/C22H44N2O5/c1-16(2)13-23-14-19(25)20(28-15-27-6)18(12-17-10-8-7-9-11-17)24-21(26)29-22(3,4)5/h16-20,23,25H,7-15H2,1-6H3,(H,24,26). The number of carbonyl (C=O) groups is 1. The average Bonchev–Trinajstić information content (AvgIpc) is 2.60. The molecule has 1 rings (SSSR count). The molecule has 0 spiro atoms. The highest BCUT2D eigenvalue weighted by Crippen LogP contribution is 2.29. The van der Waals surface area contributed by atoms with E-state index in [0.717, 1.165) is 25.8 Å². The van der Waals surface area contributed by atoms with E-state index in [4.69, 9.17) is 14.2 Å². The quantitative estimate of drug-likeness (QED) is 0.422. The van der Waals surface area contributed by atoms with Gasteiger partial charge in [-0.25, -0.2) is 4.79 Å². The fourth-order valence-electron chi connectivity index (χ4n) is 3.79. The maximum absolute atomic E-state index is 12.5. The Morgan fingerprint density at radius 3 is 2.34 bits per heavy atom. The third kappa shape index (κ3) is 11.8. The number of aliphatic hydroxyl groups excluding tert-OH is 1. The van der Waals surface area contributed by atoms with Crippen LogP contribution in [0.3, 0.4) is 0 Å². The van der Waals surface area contributed by atoms with Gasteiger partial charge in [-0.2, -0.15) is 0 Å². The molecule has 1 saturated carbocycles.